The van der Waals surface area contributed by atoms with Crippen molar-refractivity contribution in [1.29, 1.82) is 0 Å². The lowest BCUT2D eigenvalue weighted by molar-refractivity contribution is 0.0782. The molecule has 5 nitrogen and oxygen atoms in total. The molecule has 1 N–H and O–H groups in total. The fourth-order valence-electron chi connectivity index (χ4n) is 3.97. The first kappa shape index (κ1) is 18.9. The highest BCUT2D eigenvalue weighted by molar-refractivity contribution is 7.09. The van der Waals surface area contributed by atoms with Crippen LogP contribution in [0.15, 0.2) is 54.0 Å². The molecule has 0 saturated carbocycles. The number of carbonyl (C=O) groups excluding carboxylic acids is 1. The molecular weight excluding hydrogens is 368 g/mol. The molecule has 1 amide bonds. The van der Waals surface area contributed by atoms with Crippen molar-refractivity contribution in [3.05, 3.63) is 75.7 Å². The number of hydrogen-bond donors (Lipinski definition) is 1. The Morgan fingerprint density at radius 2 is 2.14 bits per heavy atom. The normalized spacial score (nSPS) is 17.5. The number of nitrogens with one attached hydrogen (secondary N) is 1. The van der Waals surface area contributed by atoms with Gasteiger partial charge in [0.2, 0.25) is 0 Å². The van der Waals surface area contributed by atoms with Gasteiger partial charge in [-0.3, -0.25) is 14.8 Å². The van der Waals surface area contributed by atoms with E-state index in [9.17, 15) is 4.79 Å². The van der Waals surface area contributed by atoms with Crippen molar-refractivity contribution in [3.8, 4) is 0 Å². The van der Waals surface area contributed by atoms with Crippen molar-refractivity contribution >= 4 is 17.2 Å². The second-order valence-corrected chi connectivity index (χ2v) is 8.53. The smallest absolute Gasteiger partial charge is 0.257 e. The Morgan fingerprint density at radius 1 is 1.29 bits per heavy atom. The summed E-state index contributed by atoms with van der Waals surface area (Å²) < 4.78 is 0. The molecule has 4 rings (SSSR count). The van der Waals surface area contributed by atoms with Gasteiger partial charge in [0, 0.05) is 37.5 Å². The molecule has 2 aromatic heterocycles. The van der Waals surface area contributed by atoms with Gasteiger partial charge in [0.05, 0.1) is 17.5 Å². The largest absolute Gasteiger partial charge is 0.337 e. The summed E-state index contributed by atoms with van der Waals surface area (Å²) in [5.41, 5.74) is 2.82. The number of likely N-dealkylation sites (tertiary alicyclic amines) is 1. The molecule has 0 bridgehead atoms. The van der Waals surface area contributed by atoms with Gasteiger partial charge < -0.3 is 4.90 Å². The van der Waals surface area contributed by atoms with E-state index in [0.717, 1.165) is 43.7 Å². The fourth-order valence-corrected chi connectivity index (χ4v) is 4.72. The molecule has 146 valence electrons. The molecule has 1 aliphatic heterocycles. The maximum atomic E-state index is 13.1. The van der Waals surface area contributed by atoms with Crippen molar-refractivity contribution in [2.24, 2.45) is 0 Å². The van der Waals surface area contributed by atoms with E-state index in [1.165, 1.54) is 4.88 Å². The molecule has 0 unspecified atom stereocenters. The van der Waals surface area contributed by atoms with Crippen LogP contribution in [0.1, 0.15) is 45.3 Å². The van der Waals surface area contributed by atoms with Crippen LogP contribution in [0, 0.1) is 0 Å². The number of H-pyrrole nitrogens is 1. The SMILES string of the molecule is CN(Cc1ccccc1)C(=O)c1cn[nH]c1[C@@H]1CCCN(Cc2cccs2)C1. The topological polar surface area (TPSA) is 52.2 Å². The molecule has 1 saturated heterocycles. The Labute approximate surface area is 170 Å². The van der Waals surface area contributed by atoms with Gasteiger partial charge in [-0.05, 0) is 36.4 Å². The number of amides is 1. The summed E-state index contributed by atoms with van der Waals surface area (Å²) >= 11 is 1.81. The molecule has 1 atom stereocenters. The minimum atomic E-state index is 0.0305. The molecule has 1 aliphatic rings. The zero-order chi connectivity index (χ0) is 19.3. The van der Waals surface area contributed by atoms with Crippen LogP contribution in [0.3, 0.4) is 0 Å². The third-order valence-corrected chi connectivity index (χ3v) is 6.24. The van der Waals surface area contributed by atoms with Crippen LogP contribution in [-0.2, 0) is 13.1 Å². The first-order valence-electron chi connectivity index (χ1n) is 9.78. The number of rotatable bonds is 6. The number of thiophene rings is 1. The van der Waals surface area contributed by atoms with Gasteiger partial charge in [0.1, 0.15) is 0 Å². The van der Waals surface area contributed by atoms with E-state index in [1.807, 2.05) is 37.4 Å². The Kier molecular flexibility index (Phi) is 5.88. The van der Waals surface area contributed by atoms with E-state index in [-0.39, 0.29) is 5.91 Å². The first-order chi connectivity index (χ1) is 13.7. The van der Waals surface area contributed by atoms with Gasteiger partial charge in [-0.2, -0.15) is 5.10 Å². The Hall–Kier alpha value is -2.44. The highest BCUT2D eigenvalue weighted by Gasteiger charge is 2.28. The fraction of sp³-hybridized carbons (Fsp3) is 0.364. The second-order valence-electron chi connectivity index (χ2n) is 7.50. The minimum absolute atomic E-state index is 0.0305. The zero-order valence-corrected chi connectivity index (χ0v) is 17.0. The summed E-state index contributed by atoms with van der Waals surface area (Å²) in [6.07, 6.45) is 3.92. The van der Waals surface area contributed by atoms with Gasteiger partial charge >= 0.3 is 0 Å². The molecule has 1 fully saturated rings. The van der Waals surface area contributed by atoms with Crippen LogP contribution in [0.4, 0.5) is 0 Å². The predicted molar refractivity (Wildman–Crippen MR) is 112 cm³/mol. The van der Waals surface area contributed by atoms with Gasteiger partial charge in [0.25, 0.3) is 5.91 Å². The lowest BCUT2D eigenvalue weighted by Crippen LogP contribution is -2.35. The zero-order valence-electron chi connectivity index (χ0n) is 16.2. The Bertz CT molecular complexity index is 890. The number of benzene rings is 1. The summed E-state index contributed by atoms with van der Waals surface area (Å²) in [6, 6.07) is 14.4. The van der Waals surface area contributed by atoms with Crippen LogP contribution in [0.2, 0.25) is 0 Å². The summed E-state index contributed by atoms with van der Waals surface area (Å²) in [5, 5.41) is 9.48. The summed E-state index contributed by atoms with van der Waals surface area (Å²) in [6.45, 7) is 3.65. The van der Waals surface area contributed by atoms with Crippen molar-refractivity contribution in [3.63, 3.8) is 0 Å². The Balaban J connectivity index is 1.44. The summed E-state index contributed by atoms with van der Waals surface area (Å²) in [4.78, 5) is 18.7. The monoisotopic (exact) mass is 394 g/mol. The molecule has 3 aromatic rings. The second kappa shape index (κ2) is 8.71. The van der Waals surface area contributed by atoms with Crippen molar-refractivity contribution < 1.29 is 4.79 Å². The molecule has 6 heteroatoms. The average Bonchev–Trinajstić information content (AvgIpc) is 3.40. The lowest BCUT2D eigenvalue weighted by Gasteiger charge is -2.32. The van der Waals surface area contributed by atoms with Gasteiger partial charge in [-0.25, -0.2) is 0 Å². The van der Waals surface area contributed by atoms with Crippen molar-refractivity contribution in [2.45, 2.75) is 31.8 Å². The van der Waals surface area contributed by atoms with E-state index in [2.05, 4.69) is 32.6 Å². The number of piperidine rings is 1. The van der Waals surface area contributed by atoms with Gasteiger partial charge in [-0.15, -0.1) is 11.3 Å². The number of nitrogens with zero attached hydrogens (tertiary/aromatic N) is 3. The summed E-state index contributed by atoms with van der Waals surface area (Å²) in [5.74, 6) is 0.350. The molecule has 28 heavy (non-hydrogen) atoms. The lowest BCUT2D eigenvalue weighted by atomic mass is 9.92. The first-order valence-corrected chi connectivity index (χ1v) is 10.7. The maximum absolute atomic E-state index is 13.1. The molecule has 0 aliphatic carbocycles. The number of carbonyl (C=O) groups is 1. The standard InChI is InChI=1S/C22H26N4OS/c1-25(14-17-7-3-2-4-8-17)22(27)20-13-23-24-21(20)18-9-5-11-26(15-18)16-19-10-6-12-28-19/h2-4,6-8,10,12-13,18H,5,9,11,14-16H2,1H3,(H,23,24)/t18-/m1/s1. The van der Waals surface area contributed by atoms with Gasteiger partial charge in [-0.1, -0.05) is 36.4 Å². The molecular formula is C22H26N4OS. The van der Waals surface area contributed by atoms with E-state index < -0.39 is 0 Å². The van der Waals surface area contributed by atoms with E-state index in [1.54, 1.807) is 22.4 Å². The van der Waals surface area contributed by atoms with E-state index in [0.29, 0.717) is 18.0 Å². The van der Waals surface area contributed by atoms with Crippen LogP contribution in [0.5, 0.6) is 0 Å². The molecule has 0 spiro atoms. The van der Waals surface area contributed by atoms with Crippen molar-refractivity contribution in [1.82, 2.24) is 20.0 Å². The minimum Gasteiger partial charge on any atom is -0.337 e. The van der Waals surface area contributed by atoms with Gasteiger partial charge in [0.15, 0.2) is 0 Å². The number of aromatic nitrogens is 2. The third-order valence-electron chi connectivity index (χ3n) is 5.38. The predicted octanol–water partition coefficient (Wildman–Crippen LogP) is 4.12. The number of aromatic amines is 1. The van der Waals surface area contributed by atoms with Crippen LogP contribution in [0.25, 0.3) is 0 Å². The number of hydrogen-bond acceptors (Lipinski definition) is 4. The van der Waals surface area contributed by atoms with E-state index in [4.69, 9.17) is 0 Å². The van der Waals surface area contributed by atoms with E-state index >= 15 is 0 Å². The Morgan fingerprint density at radius 3 is 2.93 bits per heavy atom. The molecule has 3 heterocycles. The van der Waals surface area contributed by atoms with Crippen LogP contribution >= 0.6 is 11.3 Å². The highest BCUT2D eigenvalue weighted by atomic mass is 32.1. The summed E-state index contributed by atoms with van der Waals surface area (Å²) in [7, 11) is 1.86. The van der Waals surface area contributed by atoms with Crippen molar-refractivity contribution in [2.75, 3.05) is 20.1 Å². The van der Waals surface area contributed by atoms with Crippen LogP contribution in [-0.4, -0.2) is 46.0 Å². The maximum Gasteiger partial charge on any atom is 0.257 e. The average molecular weight is 395 g/mol. The highest BCUT2D eigenvalue weighted by Crippen LogP contribution is 2.29. The molecule has 1 aromatic carbocycles. The van der Waals surface area contributed by atoms with Crippen LogP contribution < -0.4 is 0 Å². The third kappa shape index (κ3) is 4.34. The quantitative estimate of drug-likeness (QED) is 0.684. The molecule has 0 radical (unpaired) electrons.